The summed E-state index contributed by atoms with van der Waals surface area (Å²) >= 11 is 2.99. The molecule has 2 heterocycles. The van der Waals surface area contributed by atoms with E-state index in [1.807, 2.05) is 0 Å². The van der Waals surface area contributed by atoms with E-state index in [0.29, 0.717) is 6.29 Å². The highest BCUT2D eigenvalue weighted by molar-refractivity contribution is 9.10. The molecule has 3 nitrogen and oxygen atoms in total. The molecule has 32 heavy (non-hydrogen) atoms. The van der Waals surface area contributed by atoms with Gasteiger partial charge in [0.2, 0.25) is 0 Å². The average molecular weight is 535 g/mol. The van der Waals surface area contributed by atoms with Crippen LogP contribution >= 0.6 is 15.9 Å². The predicted molar refractivity (Wildman–Crippen MR) is 98.3 cm³/mol. The lowest BCUT2D eigenvalue weighted by Gasteiger charge is -2.33. The number of pyridine rings is 1. The summed E-state index contributed by atoms with van der Waals surface area (Å²) in [6.45, 7) is -1.29. The summed E-state index contributed by atoms with van der Waals surface area (Å²) in [5, 5.41) is 0. The van der Waals surface area contributed by atoms with Crippen molar-refractivity contribution in [3.05, 3.63) is 57.2 Å². The number of nitrogens with zero attached hydrogens (tertiary/aromatic N) is 2. The zero-order valence-electron chi connectivity index (χ0n) is 15.7. The molecule has 1 aromatic heterocycles. The Morgan fingerprint density at radius 3 is 1.94 bits per heavy atom. The summed E-state index contributed by atoms with van der Waals surface area (Å²) in [5.74, 6) is -0.0170. The van der Waals surface area contributed by atoms with E-state index in [1.54, 1.807) is 0 Å². The fourth-order valence-electron chi connectivity index (χ4n) is 3.57. The molecule has 0 N–H and O–H groups in total. The highest BCUT2D eigenvalue weighted by atomic mass is 79.9. The first kappa shape index (κ1) is 24.3. The summed E-state index contributed by atoms with van der Waals surface area (Å²) in [6, 6.07) is 2.54. The van der Waals surface area contributed by atoms with Gasteiger partial charge in [-0.3, -0.25) is 4.79 Å². The first-order valence-corrected chi connectivity index (χ1v) is 9.61. The molecular formula is C19H12BrF9N2O. The number of aldehydes is 1. The Morgan fingerprint density at radius 1 is 0.938 bits per heavy atom. The van der Waals surface area contributed by atoms with Gasteiger partial charge in [0.05, 0.1) is 11.1 Å². The van der Waals surface area contributed by atoms with Gasteiger partial charge < -0.3 is 4.90 Å². The van der Waals surface area contributed by atoms with E-state index in [0.717, 1.165) is 4.90 Å². The third-order valence-electron chi connectivity index (χ3n) is 5.27. The van der Waals surface area contributed by atoms with Crippen molar-refractivity contribution >= 4 is 28.0 Å². The SMILES string of the molecule is O=Cc1ccc(N2CCC(c3cc(C(F)(F)F)cc(C(F)(F)F)c3)(C(F)(F)F)C2)nc1Br. The molecule has 3 rings (SSSR count). The number of anilines is 1. The minimum absolute atomic E-state index is 0.0170. The van der Waals surface area contributed by atoms with Crippen LogP contribution in [0.5, 0.6) is 0 Å². The van der Waals surface area contributed by atoms with Crippen LogP contribution in [0.1, 0.15) is 33.5 Å². The van der Waals surface area contributed by atoms with Crippen molar-refractivity contribution in [1.29, 1.82) is 0 Å². The maximum atomic E-state index is 14.2. The van der Waals surface area contributed by atoms with Crippen LogP contribution in [-0.4, -0.2) is 30.5 Å². The highest BCUT2D eigenvalue weighted by Crippen LogP contribution is 2.50. The van der Waals surface area contributed by atoms with Crippen LogP contribution in [0.15, 0.2) is 34.9 Å². The van der Waals surface area contributed by atoms with Gasteiger partial charge in [-0.2, -0.15) is 39.5 Å². The molecule has 1 saturated heterocycles. The van der Waals surface area contributed by atoms with Crippen LogP contribution in [0.4, 0.5) is 45.3 Å². The number of alkyl halides is 9. The molecule has 1 aromatic carbocycles. The first-order valence-electron chi connectivity index (χ1n) is 8.82. The van der Waals surface area contributed by atoms with Crippen LogP contribution in [0.25, 0.3) is 0 Å². The highest BCUT2D eigenvalue weighted by Gasteiger charge is 2.60. The third kappa shape index (κ3) is 4.44. The lowest BCUT2D eigenvalue weighted by atomic mass is 9.77. The lowest BCUT2D eigenvalue weighted by Crippen LogP contribution is -2.45. The summed E-state index contributed by atoms with van der Waals surface area (Å²) < 4.78 is 122. The zero-order chi connectivity index (χ0) is 24.1. The Labute approximate surface area is 183 Å². The smallest absolute Gasteiger partial charge is 0.355 e. The van der Waals surface area contributed by atoms with Gasteiger partial charge in [-0.15, -0.1) is 0 Å². The molecule has 2 aromatic rings. The van der Waals surface area contributed by atoms with Crippen molar-refractivity contribution in [2.45, 2.75) is 30.4 Å². The summed E-state index contributed by atoms with van der Waals surface area (Å²) in [7, 11) is 0. The van der Waals surface area contributed by atoms with E-state index in [4.69, 9.17) is 0 Å². The van der Waals surface area contributed by atoms with E-state index >= 15 is 0 Å². The molecule has 0 radical (unpaired) electrons. The number of rotatable bonds is 3. The fourth-order valence-corrected chi connectivity index (χ4v) is 3.97. The van der Waals surface area contributed by atoms with E-state index < -0.39 is 53.6 Å². The van der Waals surface area contributed by atoms with Gasteiger partial charge in [-0.1, -0.05) is 0 Å². The number of carbonyl (C=O) groups excluding carboxylic acids is 1. The Balaban J connectivity index is 2.14. The second-order valence-electron chi connectivity index (χ2n) is 7.21. The van der Waals surface area contributed by atoms with Gasteiger partial charge in [0.25, 0.3) is 0 Å². The first-order chi connectivity index (χ1) is 14.6. The molecule has 0 saturated carbocycles. The summed E-state index contributed by atoms with van der Waals surface area (Å²) in [4.78, 5) is 16.0. The van der Waals surface area contributed by atoms with Gasteiger partial charge in [0.1, 0.15) is 15.8 Å². The van der Waals surface area contributed by atoms with Crippen molar-refractivity contribution in [2.75, 3.05) is 18.0 Å². The molecule has 0 amide bonds. The van der Waals surface area contributed by atoms with Gasteiger partial charge in [0.15, 0.2) is 6.29 Å². The second-order valence-corrected chi connectivity index (χ2v) is 7.96. The molecule has 1 unspecified atom stereocenters. The fraction of sp³-hybridized carbons (Fsp3) is 0.368. The number of benzene rings is 1. The Kier molecular flexibility index (Phi) is 6.03. The quantitative estimate of drug-likeness (QED) is 0.259. The van der Waals surface area contributed by atoms with Crippen LogP contribution in [0.3, 0.4) is 0 Å². The van der Waals surface area contributed by atoms with E-state index in [1.165, 1.54) is 12.1 Å². The van der Waals surface area contributed by atoms with Crippen LogP contribution in [0.2, 0.25) is 0 Å². The molecular weight excluding hydrogens is 523 g/mol. The largest absolute Gasteiger partial charge is 0.416 e. The summed E-state index contributed by atoms with van der Waals surface area (Å²) in [6.07, 6.45) is -16.1. The molecule has 174 valence electrons. The van der Waals surface area contributed by atoms with E-state index in [9.17, 15) is 44.3 Å². The molecule has 0 bridgehead atoms. The molecule has 0 spiro atoms. The standard InChI is InChI=1S/C19H12BrF9N2O/c20-15-10(8-32)1-2-14(30-15)31-4-3-16(9-31,19(27,28)29)11-5-12(17(21,22)23)7-13(6-11)18(24,25)26/h1-2,5-8H,3-4,9H2. The van der Waals surface area contributed by atoms with Crippen LogP contribution in [0, 0.1) is 0 Å². The molecule has 1 aliphatic heterocycles. The predicted octanol–water partition coefficient (Wildman–Crippen LogP) is 6.40. The maximum absolute atomic E-state index is 14.2. The maximum Gasteiger partial charge on any atom is 0.416 e. The summed E-state index contributed by atoms with van der Waals surface area (Å²) in [5.41, 5.74) is -7.65. The topological polar surface area (TPSA) is 33.2 Å². The number of hydrogen-bond donors (Lipinski definition) is 0. The Morgan fingerprint density at radius 2 is 1.50 bits per heavy atom. The zero-order valence-corrected chi connectivity index (χ0v) is 17.3. The third-order valence-corrected chi connectivity index (χ3v) is 5.90. The van der Waals surface area contributed by atoms with Crippen LogP contribution in [-0.2, 0) is 17.8 Å². The van der Waals surface area contributed by atoms with E-state index in [2.05, 4.69) is 20.9 Å². The van der Waals surface area contributed by atoms with Crippen molar-refractivity contribution < 1.29 is 44.3 Å². The Bertz CT molecular complexity index is 1000. The van der Waals surface area contributed by atoms with Gasteiger partial charge in [-0.05, 0) is 58.2 Å². The normalized spacial score (nSPS) is 20.0. The Hall–Kier alpha value is -2.31. The lowest BCUT2D eigenvalue weighted by molar-refractivity contribution is -0.185. The van der Waals surface area contributed by atoms with Crippen molar-refractivity contribution in [3.63, 3.8) is 0 Å². The molecule has 0 aliphatic carbocycles. The monoisotopic (exact) mass is 534 g/mol. The van der Waals surface area contributed by atoms with Gasteiger partial charge in [-0.25, -0.2) is 4.98 Å². The van der Waals surface area contributed by atoms with Gasteiger partial charge >= 0.3 is 18.5 Å². The molecule has 1 fully saturated rings. The van der Waals surface area contributed by atoms with Crippen molar-refractivity contribution in [2.24, 2.45) is 0 Å². The number of hydrogen-bond acceptors (Lipinski definition) is 3. The van der Waals surface area contributed by atoms with E-state index in [-0.39, 0.29) is 40.7 Å². The number of aromatic nitrogens is 1. The minimum atomic E-state index is -5.28. The molecule has 1 atom stereocenters. The molecule has 1 aliphatic rings. The second kappa shape index (κ2) is 7.92. The number of carbonyl (C=O) groups is 1. The van der Waals surface area contributed by atoms with Crippen molar-refractivity contribution in [1.82, 2.24) is 4.98 Å². The van der Waals surface area contributed by atoms with Gasteiger partial charge in [0, 0.05) is 18.7 Å². The van der Waals surface area contributed by atoms with Crippen LogP contribution < -0.4 is 4.90 Å². The minimum Gasteiger partial charge on any atom is -0.355 e. The van der Waals surface area contributed by atoms with Crippen molar-refractivity contribution in [3.8, 4) is 0 Å². The molecule has 13 heteroatoms. The average Bonchev–Trinajstić information content (AvgIpc) is 3.13. The number of halogens is 10.